The third-order valence-corrected chi connectivity index (χ3v) is 8.12. The van der Waals surface area contributed by atoms with Crippen molar-refractivity contribution in [2.75, 3.05) is 14.1 Å². The molecule has 1 aromatic carbocycles. The Bertz CT molecular complexity index is 820. The Morgan fingerprint density at radius 3 is 1.96 bits per heavy atom. The smallest absolute Gasteiger partial charge is 0.254 e. The fourth-order valence-electron chi connectivity index (χ4n) is 4.07. The normalized spacial score (nSPS) is 23.5. The molecule has 0 aliphatic heterocycles. The molecule has 2 fully saturated rings. The van der Waals surface area contributed by atoms with Crippen molar-refractivity contribution in [3.63, 3.8) is 0 Å². The van der Waals surface area contributed by atoms with Gasteiger partial charge in [-0.25, -0.2) is 12.7 Å². The Morgan fingerprint density at radius 1 is 0.963 bits per heavy atom. The number of carbonyl (C=O) groups excluding carboxylic acids is 1. The minimum absolute atomic E-state index is 0.00430. The van der Waals surface area contributed by atoms with Crippen LogP contribution in [0.3, 0.4) is 0 Å². The molecule has 0 unspecified atom stereocenters. The van der Waals surface area contributed by atoms with E-state index in [0.29, 0.717) is 17.2 Å². The summed E-state index contributed by atoms with van der Waals surface area (Å²) >= 11 is 0. The molecule has 2 aliphatic rings. The maximum atomic E-state index is 13.4. The summed E-state index contributed by atoms with van der Waals surface area (Å²) in [6.07, 6.45) is 6.55. The van der Waals surface area contributed by atoms with E-state index in [0.717, 1.165) is 50.0 Å². The second-order valence-corrected chi connectivity index (χ2v) is 10.7. The molecule has 0 radical (unpaired) electrons. The van der Waals surface area contributed by atoms with Gasteiger partial charge in [0.15, 0.2) is 0 Å². The molecule has 1 aromatic rings. The first-order valence-electron chi connectivity index (χ1n) is 9.99. The van der Waals surface area contributed by atoms with Crippen LogP contribution >= 0.6 is 0 Å². The van der Waals surface area contributed by atoms with Crippen LogP contribution in [0.1, 0.15) is 66.9 Å². The quantitative estimate of drug-likeness (QED) is 0.767. The predicted octanol–water partition coefficient (Wildman–Crippen LogP) is 3.74. The molecule has 6 heteroatoms. The molecule has 2 saturated carbocycles. The standard InChI is InChI=1S/C21H32N2O3S/c1-14-6-8-18(9-7-14)23(19-10-11-19)21(24)17-12-15(2)16(3)20(13-17)27(25,26)22(4)5/h12-14,18-19H,6-11H2,1-5H3. The summed E-state index contributed by atoms with van der Waals surface area (Å²) in [7, 11) is -0.534. The highest BCUT2D eigenvalue weighted by Crippen LogP contribution is 2.37. The SMILES string of the molecule is Cc1cc(C(=O)N(C2CCC(C)CC2)C2CC2)cc(S(=O)(=O)N(C)C)c1C. The summed E-state index contributed by atoms with van der Waals surface area (Å²) in [5.41, 5.74) is 2.06. The molecule has 5 nitrogen and oxygen atoms in total. The number of hydrogen-bond acceptors (Lipinski definition) is 3. The van der Waals surface area contributed by atoms with Gasteiger partial charge in [0.05, 0.1) is 4.90 Å². The van der Waals surface area contributed by atoms with Crippen LogP contribution in [0.2, 0.25) is 0 Å². The molecule has 150 valence electrons. The summed E-state index contributed by atoms with van der Waals surface area (Å²) in [6.45, 7) is 5.97. The van der Waals surface area contributed by atoms with Gasteiger partial charge in [-0.1, -0.05) is 6.92 Å². The largest absolute Gasteiger partial charge is 0.333 e. The van der Waals surface area contributed by atoms with E-state index in [-0.39, 0.29) is 16.8 Å². The molecule has 0 N–H and O–H groups in total. The summed E-state index contributed by atoms with van der Waals surface area (Å²) in [5, 5.41) is 0. The summed E-state index contributed by atoms with van der Waals surface area (Å²) in [6, 6.07) is 4.05. The number of nitrogens with zero attached hydrogens (tertiary/aromatic N) is 2. The Kier molecular flexibility index (Phi) is 5.69. The Balaban J connectivity index is 1.97. The maximum Gasteiger partial charge on any atom is 0.254 e. The molecular weight excluding hydrogens is 360 g/mol. The van der Waals surface area contributed by atoms with Crippen molar-refractivity contribution >= 4 is 15.9 Å². The highest BCUT2D eigenvalue weighted by atomic mass is 32.2. The molecule has 0 atom stereocenters. The number of benzene rings is 1. The molecule has 0 heterocycles. The van der Waals surface area contributed by atoms with Gasteiger partial charge in [-0.2, -0.15) is 0 Å². The number of amides is 1. The van der Waals surface area contributed by atoms with E-state index in [2.05, 4.69) is 11.8 Å². The van der Waals surface area contributed by atoms with E-state index in [4.69, 9.17) is 0 Å². The van der Waals surface area contributed by atoms with Gasteiger partial charge in [-0.15, -0.1) is 0 Å². The summed E-state index contributed by atoms with van der Waals surface area (Å²) in [5.74, 6) is 0.728. The van der Waals surface area contributed by atoms with E-state index >= 15 is 0 Å². The molecule has 0 aromatic heterocycles. The van der Waals surface area contributed by atoms with Gasteiger partial charge in [0.1, 0.15) is 0 Å². The summed E-state index contributed by atoms with van der Waals surface area (Å²) < 4.78 is 26.7. The second kappa shape index (κ2) is 7.55. The average molecular weight is 393 g/mol. The maximum absolute atomic E-state index is 13.4. The zero-order valence-electron chi connectivity index (χ0n) is 17.2. The van der Waals surface area contributed by atoms with Crippen LogP contribution in [-0.4, -0.2) is 49.7 Å². The van der Waals surface area contributed by atoms with Crippen LogP contribution in [0.15, 0.2) is 17.0 Å². The Hall–Kier alpha value is -1.40. The van der Waals surface area contributed by atoms with Crippen molar-refractivity contribution in [1.29, 1.82) is 0 Å². The lowest BCUT2D eigenvalue weighted by Gasteiger charge is -2.36. The monoisotopic (exact) mass is 392 g/mol. The number of carbonyl (C=O) groups is 1. The molecular formula is C21H32N2O3S. The lowest BCUT2D eigenvalue weighted by molar-refractivity contribution is 0.0592. The third-order valence-electron chi connectivity index (χ3n) is 6.18. The van der Waals surface area contributed by atoms with Gasteiger partial charge in [0, 0.05) is 31.7 Å². The number of rotatable bonds is 5. The zero-order valence-corrected chi connectivity index (χ0v) is 18.0. The molecule has 2 aliphatic carbocycles. The second-order valence-electron chi connectivity index (χ2n) is 8.56. The summed E-state index contributed by atoms with van der Waals surface area (Å²) in [4.78, 5) is 15.7. The van der Waals surface area contributed by atoms with E-state index < -0.39 is 10.0 Å². The van der Waals surface area contributed by atoms with E-state index in [9.17, 15) is 13.2 Å². The highest BCUT2D eigenvalue weighted by molar-refractivity contribution is 7.89. The van der Waals surface area contributed by atoms with Gasteiger partial charge in [0.2, 0.25) is 10.0 Å². The lowest BCUT2D eigenvalue weighted by Crippen LogP contribution is -2.43. The minimum Gasteiger partial charge on any atom is -0.333 e. The molecule has 0 bridgehead atoms. The molecule has 3 rings (SSSR count). The van der Waals surface area contributed by atoms with Crippen LogP contribution < -0.4 is 0 Å². The highest BCUT2D eigenvalue weighted by Gasteiger charge is 2.39. The first-order valence-corrected chi connectivity index (χ1v) is 11.4. The van der Waals surface area contributed by atoms with Crippen molar-refractivity contribution in [3.8, 4) is 0 Å². The van der Waals surface area contributed by atoms with Gasteiger partial charge >= 0.3 is 0 Å². The number of hydrogen-bond donors (Lipinski definition) is 0. The van der Waals surface area contributed by atoms with Crippen molar-refractivity contribution in [2.45, 2.75) is 76.3 Å². The first-order chi connectivity index (χ1) is 12.6. The van der Waals surface area contributed by atoms with Crippen molar-refractivity contribution in [1.82, 2.24) is 9.21 Å². The van der Waals surface area contributed by atoms with Crippen LogP contribution in [0.5, 0.6) is 0 Å². The molecule has 1 amide bonds. The molecule has 0 spiro atoms. The zero-order chi connectivity index (χ0) is 19.9. The Morgan fingerprint density at radius 2 is 1.48 bits per heavy atom. The van der Waals surface area contributed by atoms with E-state index in [1.807, 2.05) is 13.0 Å². The van der Waals surface area contributed by atoms with Crippen LogP contribution in [0.4, 0.5) is 0 Å². The topological polar surface area (TPSA) is 57.7 Å². The van der Waals surface area contributed by atoms with Crippen molar-refractivity contribution < 1.29 is 13.2 Å². The first kappa shape index (κ1) is 20.3. The van der Waals surface area contributed by atoms with Gasteiger partial charge in [-0.05, 0) is 81.5 Å². The van der Waals surface area contributed by atoms with Gasteiger partial charge in [0.25, 0.3) is 5.91 Å². The van der Waals surface area contributed by atoms with E-state index in [1.54, 1.807) is 13.0 Å². The van der Waals surface area contributed by atoms with Crippen LogP contribution in [0, 0.1) is 19.8 Å². The van der Waals surface area contributed by atoms with Gasteiger partial charge in [-0.3, -0.25) is 4.79 Å². The van der Waals surface area contributed by atoms with E-state index in [1.165, 1.54) is 18.4 Å². The van der Waals surface area contributed by atoms with Gasteiger partial charge < -0.3 is 4.90 Å². The molecule has 27 heavy (non-hydrogen) atoms. The van der Waals surface area contributed by atoms with Crippen molar-refractivity contribution in [2.24, 2.45) is 5.92 Å². The van der Waals surface area contributed by atoms with Crippen LogP contribution in [0.25, 0.3) is 0 Å². The predicted molar refractivity (Wildman–Crippen MR) is 107 cm³/mol. The average Bonchev–Trinajstić information content (AvgIpc) is 3.43. The number of sulfonamides is 1. The fraction of sp³-hybridized carbons (Fsp3) is 0.667. The minimum atomic E-state index is -3.59. The number of aryl methyl sites for hydroxylation is 1. The lowest BCUT2D eigenvalue weighted by atomic mass is 9.86. The Labute approximate surface area is 163 Å². The van der Waals surface area contributed by atoms with Crippen molar-refractivity contribution in [3.05, 3.63) is 28.8 Å². The molecule has 0 saturated heterocycles. The third kappa shape index (κ3) is 4.06. The van der Waals surface area contributed by atoms with Crippen LogP contribution in [-0.2, 0) is 10.0 Å². The fourth-order valence-corrected chi connectivity index (χ4v) is 5.28.